The topological polar surface area (TPSA) is 29.1 Å². The molecule has 4 heteroatoms. The molecule has 0 saturated carbocycles. The molecule has 0 bridgehead atoms. The molecular weight excluding hydrogens is 302 g/mol. The molecule has 0 aliphatic heterocycles. The Kier molecular flexibility index (Phi) is 6.00. The van der Waals surface area contributed by atoms with Gasteiger partial charge in [-0.1, -0.05) is 53.5 Å². The summed E-state index contributed by atoms with van der Waals surface area (Å²) >= 11 is 9.17. The second kappa shape index (κ2) is 7.02. The number of halogens is 2. The Labute approximate surface area is 116 Å². The smallest absolute Gasteiger partial charge is 0.234 e. The molecule has 1 amide bonds. The van der Waals surface area contributed by atoms with Gasteiger partial charge in [-0.2, -0.15) is 0 Å². The summed E-state index contributed by atoms with van der Waals surface area (Å²) < 4.78 is 0. The predicted octanol–water partition coefficient (Wildman–Crippen LogP) is 3.42. The standard InChI is InChI=1S/C13H17BrClNO/c1-9(2)12(14)13(17)16-8-7-10-3-5-11(15)6-4-10/h3-6,9,12H,7-8H2,1-2H3,(H,16,17). The van der Waals surface area contributed by atoms with E-state index in [1.54, 1.807) is 0 Å². The highest BCUT2D eigenvalue weighted by Gasteiger charge is 2.17. The summed E-state index contributed by atoms with van der Waals surface area (Å²) in [5.41, 5.74) is 1.17. The van der Waals surface area contributed by atoms with Crippen molar-refractivity contribution in [2.45, 2.75) is 25.1 Å². The summed E-state index contributed by atoms with van der Waals surface area (Å²) in [5, 5.41) is 3.64. The van der Waals surface area contributed by atoms with Crippen molar-refractivity contribution in [3.05, 3.63) is 34.9 Å². The van der Waals surface area contributed by atoms with E-state index in [2.05, 4.69) is 21.2 Å². The van der Waals surface area contributed by atoms with Crippen LogP contribution in [0.3, 0.4) is 0 Å². The van der Waals surface area contributed by atoms with Gasteiger partial charge in [0.05, 0.1) is 4.83 Å². The van der Waals surface area contributed by atoms with Crippen molar-refractivity contribution in [3.63, 3.8) is 0 Å². The highest BCUT2D eigenvalue weighted by molar-refractivity contribution is 9.10. The SMILES string of the molecule is CC(C)C(Br)C(=O)NCCc1ccc(Cl)cc1. The van der Waals surface area contributed by atoms with E-state index in [4.69, 9.17) is 11.6 Å². The van der Waals surface area contributed by atoms with Gasteiger partial charge in [-0.15, -0.1) is 0 Å². The lowest BCUT2D eigenvalue weighted by molar-refractivity contribution is -0.121. The molecule has 0 fully saturated rings. The molecule has 0 heterocycles. The first-order valence-electron chi connectivity index (χ1n) is 5.67. The van der Waals surface area contributed by atoms with E-state index in [-0.39, 0.29) is 10.7 Å². The molecule has 2 nitrogen and oxygen atoms in total. The molecule has 1 rings (SSSR count). The Morgan fingerprint density at radius 1 is 1.35 bits per heavy atom. The minimum Gasteiger partial charge on any atom is -0.355 e. The van der Waals surface area contributed by atoms with Gasteiger partial charge in [-0.05, 0) is 30.0 Å². The number of alkyl halides is 1. The minimum atomic E-state index is -0.118. The van der Waals surface area contributed by atoms with Gasteiger partial charge < -0.3 is 5.32 Å². The molecule has 1 unspecified atom stereocenters. The third kappa shape index (κ3) is 5.09. The van der Waals surface area contributed by atoms with E-state index in [1.165, 1.54) is 5.56 Å². The largest absolute Gasteiger partial charge is 0.355 e. The maximum atomic E-state index is 11.6. The van der Waals surface area contributed by atoms with Crippen molar-refractivity contribution in [2.75, 3.05) is 6.54 Å². The fraction of sp³-hybridized carbons (Fsp3) is 0.462. The number of hydrogen-bond donors (Lipinski definition) is 1. The van der Waals surface area contributed by atoms with Gasteiger partial charge >= 0.3 is 0 Å². The number of amides is 1. The van der Waals surface area contributed by atoms with Gasteiger partial charge in [0.25, 0.3) is 0 Å². The third-order valence-electron chi connectivity index (χ3n) is 2.46. The normalized spacial score (nSPS) is 12.5. The van der Waals surface area contributed by atoms with Crippen molar-refractivity contribution in [1.82, 2.24) is 5.32 Å². The van der Waals surface area contributed by atoms with Crippen molar-refractivity contribution >= 4 is 33.4 Å². The Hall–Kier alpha value is -0.540. The maximum absolute atomic E-state index is 11.6. The van der Waals surface area contributed by atoms with Gasteiger partial charge in [0.15, 0.2) is 0 Å². The van der Waals surface area contributed by atoms with Gasteiger partial charge in [-0.3, -0.25) is 4.79 Å². The van der Waals surface area contributed by atoms with Crippen LogP contribution in [0.2, 0.25) is 5.02 Å². The molecule has 1 aromatic rings. The molecule has 0 aliphatic rings. The number of carbonyl (C=O) groups is 1. The number of nitrogens with one attached hydrogen (secondary N) is 1. The van der Waals surface area contributed by atoms with E-state index in [9.17, 15) is 4.79 Å². The predicted molar refractivity (Wildman–Crippen MR) is 75.7 cm³/mol. The molecule has 1 N–H and O–H groups in total. The Morgan fingerprint density at radius 2 is 1.94 bits per heavy atom. The van der Waals surface area contributed by atoms with Crippen LogP contribution in [0.5, 0.6) is 0 Å². The van der Waals surface area contributed by atoms with Gasteiger partial charge in [-0.25, -0.2) is 0 Å². The van der Waals surface area contributed by atoms with E-state index in [1.807, 2.05) is 38.1 Å². The molecule has 0 radical (unpaired) electrons. The second-order valence-electron chi connectivity index (χ2n) is 4.31. The van der Waals surface area contributed by atoms with Crippen molar-refractivity contribution in [1.29, 1.82) is 0 Å². The summed E-state index contributed by atoms with van der Waals surface area (Å²) in [6.45, 7) is 4.67. The molecule has 0 spiro atoms. The Morgan fingerprint density at radius 3 is 2.47 bits per heavy atom. The van der Waals surface area contributed by atoms with Gasteiger partial charge in [0.2, 0.25) is 5.91 Å². The van der Waals surface area contributed by atoms with Crippen LogP contribution in [0.15, 0.2) is 24.3 Å². The maximum Gasteiger partial charge on any atom is 0.234 e. The van der Waals surface area contributed by atoms with Gasteiger partial charge in [0.1, 0.15) is 0 Å². The highest BCUT2D eigenvalue weighted by atomic mass is 79.9. The number of hydrogen-bond acceptors (Lipinski definition) is 1. The molecule has 94 valence electrons. The van der Waals surface area contributed by atoms with Crippen LogP contribution in [0.1, 0.15) is 19.4 Å². The van der Waals surface area contributed by atoms with E-state index in [0.29, 0.717) is 12.5 Å². The third-order valence-corrected chi connectivity index (χ3v) is 4.19. The molecule has 0 saturated heterocycles. The van der Waals surface area contributed by atoms with E-state index in [0.717, 1.165) is 11.4 Å². The van der Waals surface area contributed by atoms with Crippen molar-refractivity contribution in [3.8, 4) is 0 Å². The quantitative estimate of drug-likeness (QED) is 0.828. The van der Waals surface area contributed by atoms with Crippen LogP contribution in [0.4, 0.5) is 0 Å². The fourth-order valence-electron chi connectivity index (χ4n) is 1.38. The lowest BCUT2D eigenvalue weighted by Gasteiger charge is -2.13. The lowest BCUT2D eigenvalue weighted by atomic mass is 10.1. The molecule has 0 aromatic heterocycles. The van der Waals surface area contributed by atoms with Crippen LogP contribution in [0.25, 0.3) is 0 Å². The zero-order valence-corrected chi connectivity index (χ0v) is 12.4. The Balaban J connectivity index is 2.33. The number of benzene rings is 1. The summed E-state index contributed by atoms with van der Waals surface area (Å²) in [6, 6.07) is 7.67. The average molecular weight is 319 g/mol. The van der Waals surface area contributed by atoms with Crippen molar-refractivity contribution in [2.24, 2.45) is 5.92 Å². The zero-order valence-electron chi connectivity index (χ0n) is 10.0. The lowest BCUT2D eigenvalue weighted by Crippen LogP contribution is -2.35. The van der Waals surface area contributed by atoms with Gasteiger partial charge in [0, 0.05) is 11.6 Å². The van der Waals surface area contributed by atoms with E-state index < -0.39 is 0 Å². The first-order valence-corrected chi connectivity index (χ1v) is 6.96. The van der Waals surface area contributed by atoms with Crippen LogP contribution in [-0.4, -0.2) is 17.3 Å². The molecule has 0 aliphatic carbocycles. The second-order valence-corrected chi connectivity index (χ2v) is 5.74. The fourth-order valence-corrected chi connectivity index (χ4v) is 1.67. The number of rotatable bonds is 5. The first kappa shape index (κ1) is 14.5. The first-order chi connectivity index (χ1) is 8.00. The van der Waals surface area contributed by atoms with Crippen LogP contribution in [-0.2, 0) is 11.2 Å². The van der Waals surface area contributed by atoms with Crippen LogP contribution >= 0.6 is 27.5 Å². The van der Waals surface area contributed by atoms with Crippen molar-refractivity contribution < 1.29 is 4.79 Å². The zero-order chi connectivity index (χ0) is 12.8. The summed E-state index contributed by atoms with van der Waals surface area (Å²) in [7, 11) is 0. The average Bonchev–Trinajstić information content (AvgIpc) is 2.30. The van der Waals surface area contributed by atoms with Crippen LogP contribution < -0.4 is 5.32 Å². The molecule has 17 heavy (non-hydrogen) atoms. The molecule has 1 atom stereocenters. The Bertz CT molecular complexity index is 364. The monoisotopic (exact) mass is 317 g/mol. The summed E-state index contributed by atoms with van der Waals surface area (Å²) in [5.74, 6) is 0.347. The summed E-state index contributed by atoms with van der Waals surface area (Å²) in [6.07, 6.45) is 0.820. The number of carbonyl (C=O) groups excluding carboxylic acids is 1. The molecular formula is C13H17BrClNO. The highest BCUT2D eigenvalue weighted by Crippen LogP contribution is 2.12. The summed E-state index contributed by atoms with van der Waals surface area (Å²) in [4.78, 5) is 11.5. The van der Waals surface area contributed by atoms with Crippen LogP contribution in [0, 0.1) is 5.92 Å². The minimum absolute atomic E-state index is 0.0500. The van der Waals surface area contributed by atoms with E-state index >= 15 is 0 Å². The molecule has 1 aromatic carbocycles.